The third-order valence-electron chi connectivity index (χ3n) is 3.15. The highest BCUT2D eigenvalue weighted by atomic mass is 16.2. The maximum absolute atomic E-state index is 11.7. The van der Waals surface area contributed by atoms with E-state index in [9.17, 15) is 4.79 Å². The van der Waals surface area contributed by atoms with Crippen molar-refractivity contribution in [2.24, 2.45) is 5.92 Å². The van der Waals surface area contributed by atoms with Gasteiger partial charge in [0.2, 0.25) is 5.91 Å². The van der Waals surface area contributed by atoms with Gasteiger partial charge in [0.25, 0.3) is 0 Å². The molecule has 0 aliphatic carbocycles. The summed E-state index contributed by atoms with van der Waals surface area (Å²) in [5.74, 6) is 3.64. The first-order valence-corrected chi connectivity index (χ1v) is 5.99. The molecule has 1 rings (SSSR count). The summed E-state index contributed by atoms with van der Waals surface area (Å²) in [4.78, 5) is 13.7. The first-order valence-electron chi connectivity index (χ1n) is 5.99. The van der Waals surface area contributed by atoms with Crippen molar-refractivity contribution in [3.63, 3.8) is 0 Å². The van der Waals surface area contributed by atoms with Gasteiger partial charge in [-0.3, -0.25) is 4.79 Å². The van der Waals surface area contributed by atoms with E-state index in [2.05, 4.69) is 12.8 Å². The molecule has 1 aliphatic heterocycles. The molecule has 2 heteroatoms. The molecule has 2 nitrogen and oxygen atoms in total. The fourth-order valence-corrected chi connectivity index (χ4v) is 2.23. The van der Waals surface area contributed by atoms with Gasteiger partial charge < -0.3 is 4.90 Å². The molecule has 0 aromatic rings. The van der Waals surface area contributed by atoms with Crippen LogP contribution < -0.4 is 0 Å². The zero-order valence-corrected chi connectivity index (χ0v) is 9.67. The van der Waals surface area contributed by atoms with Gasteiger partial charge in [-0.2, -0.15) is 0 Å². The minimum absolute atomic E-state index is 0.295. The fraction of sp³-hybridized carbons (Fsp3) is 0.769. The number of carbonyl (C=O) groups is 1. The first-order chi connectivity index (χ1) is 7.27. The van der Waals surface area contributed by atoms with Gasteiger partial charge in [-0.15, -0.1) is 12.3 Å². The Hall–Kier alpha value is -0.970. The van der Waals surface area contributed by atoms with E-state index in [1.54, 1.807) is 0 Å². The molecule has 0 saturated carbocycles. The van der Waals surface area contributed by atoms with E-state index in [4.69, 9.17) is 6.42 Å². The van der Waals surface area contributed by atoms with Crippen LogP contribution in [0.1, 0.15) is 45.4 Å². The summed E-state index contributed by atoms with van der Waals surface area (Å²) < 4.78 is 0. The molecule has 15 heavy (non-hydrogen) atoms. The first kappa shape index (κ1) is 12.1. The second-order valence-electron chi connectivity index (χ2n) is 4.32. The Kier molecular flexibility index (Phi) is 5.25. The number of nitrogens with zero attached hydrogens (tertiary/aromatic N) is 1. The predicted molar refractivity (Wildman–Crippen MR) is 62.3 cm³/mol. The zero-order valence-electron chi connectivity index (χ0n) is 9.67. The highest BCUT2D eigenvalue weighted by molar-refractivity contribution is 5.76. The third-order valence-corrected chi connectivity index (χ3v) is 3.15. The van der Waals surface area contributed by atoms with E-state index in [-0.39, 0.29) is 0 Å². The summed E-state index contributed by atoms with van der Waals surface area (Å²) >= 11 is 0. The van der Waals surface area contributed by atoms with Gasteiger partial charge in [0.15, 0.2) is 0 Å². The maximum atomic E-state index is 11.7. The molecule has 1 fully saturated rings. The standard InChI is InChI=1S/C13H21NO/c1-3-5-10-14-11-9-12(6-4-2)7-8-13(14)15/h1,12H,4-11H2,2H3. The zero-order chi connectivity index (χ0) is 11.1. The molecule has 1 aliphatic rings. The Morgan fingerprint density at radius 2 is 2.33 bits per heavy atom. The summed E-state index contributed by atoms with van der Waals surface area (Å²) in [6.07, 6.45) is 11.3. The molecule has 0 aromatic heterocycles. The molecule has 0 N–H and O–H groups in total. The van der Waals surface area contributed by atoms with E-state index in [0.29, 0.717) is 12.3 Å². The van der Waals surface area contributed by atoms with Crippen molar-refractivity contribution in [3.05, 3.63) is 0 Å². The number of hydrogen-bond acceptors (Lipinski definition) is 1. The van der Waals surface area contributed by atoms with Crippen LogP contribution in [-0.2, 0) is 4.79 Å². The molecule has 1 atom stereocenters. The molecule has 1 heterocycles. The second-order valence-corrected chi connectivity index (χ2v) is 4.32. The van der Waals surface area contributed by atoms with Gasteiger partial charge in [0.1, 0.15) is 0 Å². The molecule has 0 aromatic carbocycles. The number of carbonyl (C=O) groups excluding carboxylic acids is 1. The van der Waals surface area contributed by atoms with Crippen molar-refractivity contribution in [2.75, 3.05) is 13.1 Å². The Morgan fingerprint density at radius 3 is 3.00 bits per heavy atom. The van der Waals surface area contributed by atoms with Crippen LogP contribution in [0, 0.1) is 18.3 Å². The minimum atomic E-state index is 0.295. The summed E-state index contributed by atoms with van der Waals surface area (Å²) in [6, 6.07) is 0. The second kappa shape index (κ2) is 6.50. The average Bonchev–Trinajstić information content (AvgIpc) is 2.40. The summed E-state index contributed by atoms with van der Waals surface area (Å²) in [6.45, 7) is 3.86. The van der Waals surface area contributed by atoms with Crippen molar-refractivity contribution in [3.8, 4) is 12.3 Å². The number of amides is 1. The van der Waals surface area contributed by atoms with Crippen molar-refractivity contribution in [1.82, 2.24) is 4.90 Å². The molecule has 84 valence electrons. The lowest BCUT2D eigenvalue weighted by Gasteiger charge is -2.19. The SMILES string of the molecule is C#CCCN1CCC(CCC)CCC1=O. The van der Waals surface area contributed by atoms with Gasteiger partial charge in [-0.25, -0.2) is 0 Å². The molecule has 1 saturated heterocycles. The van der Waals surface area contributed by atoms with Gasteiger partial charge in [0, 0.05) is 25.9 Å². The molecular formula is C13H21NO. The van der Waals surface area contributed by atoms with Crippen LogP contribution in [0.25, 0.3) is 0 Å². The van der Waals surface area contributed by atoms with Crippen LogP contribution in [-0.4, -0.2) is 23.9 Å². The van der Waals surface area contributed by atoms with Crippen molar-refractivity contribution >= 4 is 5.91 Å². The van der Waals surface area contributed by atoms with E-state index in [0.717, 1.165) is 38.3 Å². The lowest BCUT2D eigenvalue weighted by molar-refractivity contribution is -0.130. The van der Waals surface area contributed by atoms with Gasteiger partial charge in [-0.1, -0.05) is 19.8 Å². The molecule has 1 amide bonds. The summed E-state index contributed by atoms with van der Waals surface area (Å²) in [5, 5.41) is 0. The number of rotatable bonds is 4. The highest BCUT2D eigenvalue weighted by Gasteiger charge is 2.21. The van der Waals surface area contributed by atoms with Crippen LogP contribution in [0.4, 0.5) is 0 Å². The normalized spacial score (nSPS) is 22.3. The van der Waals surface area contributed by atoms with Gasteiger partial charge >= 0.3 is 0 Å². The van der Waals surface area contributed by atoms with E-state index < -0.39 is 0 Å². The van der Waals surface area contributed by atoms with E-state index >= 15 is 0 Å². The van der Waals surface area contributed by atoms with E-state index in [1.807, 2.05) is 4.90 Å². The number of likely N-dealkylation sites (tertiary alicyclic amines) is 1. The van der Waals surface area contributed by atoms with Crippen LogP contribution in [0.15, 0.2) is 0 Å². The quantitative estimate of drug-likeness (QED) is 0.648. The maximum Gasteiger partial charge on any atom is 0.222 e. The third kappa shape index (κ3) is 3.95. The number of terminal acetylenes is 1. The predicted octanol–water partition coefficient (Wildman–Crippen LogP) is 2.44. The van der Waals surface area contributed by atoms with Gasteiger partial charge in [-0.05, 0) is 18.8 Å². The van der Waals surface area contributed by atoms with Crippen molar-refractivity contribution < 1.29 is 4.79 Å². The van der Waals surface area contributed by atoms with Gasteiger partial charge in [0.05, 0.1) is 0 Å². The Labute approximate surface area is 93.0 Å². The largest absolute Gasteiger partial charge is 0.342 e. The topological polar surface area (TPSA) is 20.3 Å². The smallest absolute Gasteiger partial charge is 0.222 e. The summed E-state index contributed by atoms with van der Waals surface area (Å²) in [5.41, 5.74) is 0. The van der Waals surface area contributed by atoms with Crippen LogP contribution in [0.5, 0.6) is 0 Å². The Balaban J connectivity index is 2.41. The van der Waals surface area contributed by atoms with Crippen LogP contribution in [0.2, 0.25) is 0 Å². The molecule has 0 spiro atoms. The monoisotopic (exact) mass is 207 g/mol. The van der Waals surface area contributed by atoms with E-state index in [1.165, 1.54) is 12.8 Å². The average molecular weight is 207 g/mol. The van der Waals surface area contributed by atoms with Crippen molar-refractivity contribution in [2.45, 2.75) is 45.4 Å². The molecule has 0 bridgehead atoms. The van der Waals surface area contributed by atoms with Crippen LogP contribution >= 0.6 is 0 Å². The Morgan fingerprint density at radius 1 is 1.53 bits per heavy atom. The van der Waals surface area contributed by atoms with Crippen molar-refractivity contribution in [1.29, 1.82) is 0 Å². The fourth-order valence-electron chi connectivity index (χ4n) is 2.23. The molecule has 0 radical (unpaired) electrons. The lowest BCUT2D eigenvalue weighted by atomic mass is 9.96. The number of hydrogen-bond donors (Lipinski definition) is 0. The lowest BCUT2D eigenvalue weighted by Crippen LogP contribution is -2.31. The molecule has 1 unspecified atom stereocenters. The Bertz CT molecular complexity index is 241. The molecular weight excluding hydrogens is 186 g/mol. The summed E-state index contributed by atoms with van der Waals surface area (Å²) in [7, 11) is 0. The van der Waals surface area contributed by atoms with Crippen LogP contribution in [0.3, 0.4) is 0 Å². The highest BCUT2D eigenvalue weighted by Crippen LogP contribution is 2.22. The minimum Gasteiger partial charge on any atom is -0.342 e.